The van der Waals surface area contributed by atoms with Gasteiger partial charge in [-0.05, 0) is 37.3 Å². The molecule has 0 radical (unpaired) electrons. The number of rotatable bonds is 5. The molecule has 2 heterocycles. The Morgan fingerprint density at radius 1 is 1.16 bits per heavy atom. The largest absolute Gasteiger partial charge is 0.363 e. The first-order valence-electron chi connectivity index (χ1n) is 10.6. The Balaban J connectivity index is 1.35. The van der Waals surface area contributed by atoms with E-state index < -0.39 is 0 Å². The molecule has 1 amide bonds. The zero-order valence-corrected chi connectivity index (χ0v) is 18.1. The molecule has 1 aromatic heterocycles. The minimum atomic E-state index is -0.357. The van der Waals surface area contributed by atoms with E-state index in [0.29, 0.717) is 42.4 Å². The standard InChI is InChI=1S/C22H25N5O3S/c23-14-17-16-6-2-1-3-9-20(16)31-22(17)24-21(28)15-25-10-12-26(13-11-25)18-7-4-5-8-19(18)27(29)30/h4-5,7-8H,1-3,6,9-13,15H2,(H,24,28). The summed E-state index contributed by atoms with van der Waals surface area (Å²) in [6.07, 6.45) is 5.31. The van der Waals surface area contributed by atoms with Crippen LogP contribution in [0.2, 0.25) is 0 Å². The normalized spacial score (nSPS) is 16.8. The predicted molar refractivity (Wildman–Crippen MR) is 121 cm³/mol. The minimum absolute atomic E-state index is 0.107. The number of amides is 1. The summed E-state index contributed by atoms with van der Waals surface area (Å²) in [5, 5.41) is 24.6. The number of nitro benzene ring substituents is 1. The molecule has 1 N–H and O–H groups in total. The van der Waals surface area contributed by atoms with Gasteiger partial charge in [0.15, 0.2) is 0 Å². The number of hydrogen-bond donors (Lipinski definition) is 1. The molecule has 9 heteroatoms. The highest BCUT2D eigenvalue weighted by molar-refractivity contribution is 7.16. The second-order valence-corrected chi connectivity index (χ2v) is 9.04. The van der Waals surface area contributed by atoms with Crippen LogP contribution in [-0.4, -0.2) is 48.5 Å². The summed E-state index contributed by atoms with van der Waals surface area (Å²) in [5.41, 5.74) is 2.49. The average molecular weight is 440 g/mol. The molecule has 4 rings (SSSR count). The third kappa shape index (κ3) is 4.70. The molecule has 162 valence electrons. The lowest BCUT2D eigenvalue weighted by molar-refractivity contribution is -0.384. The van der Waals surface area contributed by atoms with Crippen LogP contribution in [0, 0.1) is 21.4 Å². The molecule has 0 atom stereocenters. The fourth-order valence-electron chi connectivity index (χ4n) is 4.35. The summed E-state index contributed by atoms with van der Waals surface area (Å²) < 4.78 is 0. The molecule has 0 bridgehead atoms. The first-order chi connectivity index (χ1) is 15.1. The average Bonchev–Trinajstić information content (AvgIpc) is 2.92. The summed E-state index contributed by atoms with van der Waals surface area (Å²) >= 11 is 1.55. The third-order valence-electron chi connectivity index (χ3n) is 5.94. The maximum Gasteiger partial charge on any atom is 0.292 e. The van der Waals surface area contributed by atoms with E-state index in [4.69, 9.17) is 0 Å². The lowest BCUT2D eigenvalue weighted by Crippen LogP contribution is -2.48. The molecule has 2 aromatic rings. The van der Waals surface area contributed by atoms with E-state index in [2.05, 4.69) is 11.4 Å². The number of carbonyl (C=O) groups excluding carboxylic acids is 1. The van der Waals surface area contributed by atoms with Crippen LogP contribution in [0.1, 0.15) is 35.3 Å². The van der Waals surface area contributed by atoms with Crippen molar-refractivity contribution in [3.05, 3.63) is 50.4 Å². The van der Waals surface area contributed by atoms with Crippen LogP contribution in [0.15, 0.2) is 24.3 Å². The van der Waals surface area contributed by atoms with Gasteiger partial charge < -0.3 is 10.2 Å². The van der Waals surface area contributed by atoms with Crippen molar-refractivity contribution in [3.8, 4) is 6.07 Å². The van der Waals surface area contributed by atoms with Gasteiger partial charge >= 0.3 is 0 Å². The first-order valence-corrected chi connectivity index (χ1v) is 11.4. The number of anilines is 2. The highest BCUT2D eigenvalue weighted by Gasteiger charge is 2.25. The Hall–Kier alpha value is -2.96. The maximum absolute atomic E-state index is 12.7. The summed E-state index contributed by atoms with van der Waals surface area (Å²) in [7, 11) is 0. The maximum atomic E-state index is 12.7. The number of benzene rings is 1. The lowest BCUT2D eigenvalue weighted by atomic mass is 10.1. The van der Waals surface area contributed by atoms with E-state index in [9.17, 15) is 20.2 Å². The molecule has 1 aliphatic carbocycles. The summed E-state index contributed by atoms with van der Waals surface area (Å²) in [6.45, 7) is 2.78. The van der Waals surface area contributed by atoms with Gasteiger partial charge in [-0.15, -0.1) is 11.3 Å². The van der Waals surface area contributed by atoms with E-state index in [0.717, 1.165) is 31.2 Å². The third-order valence-corrected chi connectivity index (χ3v) is 7.15. The van der Waals surface area contributed by atoms with Gasteiger partial charge in [-0.1, -0.05) is 18.6 Å². The van der Waals surface area contributed by atoms with Gasteiger partial charge in [0.2, 0.25) is 5.91 Å². The van der Waals surface area contributed by atoms with Crippen LogP contribution in [0.25, 0.3) is 0 Å². The topological polar surface area (TPSA) is 103 Å². The Bertz CT molecular complexity index is 1020. The number of nitrogens with zero attached hydrogens (tertiary/aromatic N) is 4. The van der Waals surface area contributed by atoms with E-state index in [1.807, 2.05) is 9.80 Å². The van der Waals surface area contributed by atoms with Crippen LogP contribution in [0.3, 0.4) is 0 Å². The Morgan fingerprint density at radius 3 is 2.65 bits per heavy atom. The van der Waals surface area contributed by atoms with Gasteiger partial charge in [-0.25, -0.2) is 0 Å². The predicted octanol–water partition coefficient (Wildman–Crippen LogP) is 3.56. The van der Waals surface area contributed by atoms with Crippen LogP contribution >= 0.6 is 11.3 Å². The number of aryl methyl sites for hydroxylation is 1. The second kappa shape index (κ2) is 9.45. The SMILES string of the molecule is N#Cc1c(NC(=O)CN2CCN(c3ccccc3[N+](=O)[O-])CC2)sc2c1CCCCC2. The number of thiophene rings is 1. The number of nitro groups is 1. The van der Waals surface area contributed by atoms with E-state index >= 15 is 0 Å². The first kappa shape index (κ1) is 21.3. The van der Waals surface area contributed by atoms with Crippen LogP contribution in [0.4, 0.5) is 16.4 Å². The second-order valence-electron chi connectivity index (χ2n) is 7.94. The molecular weight excluding hydrogens is 414 g/mol. The van der Waals surface area contributed by atoms with Crippen molar-refractivity contribution in [2.75, 3.05) is 42.9 Å². The van der Waals surface area contributed by atoms with E-state index in [1.165, 1.54) is 17.4 Å². The zero-order valence-electron chi connectivity index (χ0n) is 17.3. The summed E-state index contributed by atoms with van der Waals surface area (Å²) in [6, 6.07) is 9.06. The summed E-state index contributed by atoms with van der Waals surface area (Å²) in [5.74, 6) is -0.118. The number of fused-ring (bicyclic) bond motifs is 1. The van der Waals surface area contributed by atoms with Gasteiger partial charge in [0.05, 0.1) is 17.0 Å². The zero-order chi connectivity index (χ0) is 21.8. The molecule has 8 nitrogen and oxygen atoms in total. The van der Waals surface area contributed by atoms with E-state index in [-0.39, 0.29) is 23.1 Å². The Morgan fingerprint density at radius 2 is 1.90 bits per heavy atom. The summed E-state index contributed by atoms with van der Waals surface area (Å²) in [4.78, 5) is 28.9. The molecule has 1 saturated heterocycles. The van der Waals surface area contributed by atoms with Crippen molar-refractivity contribution >= 4 is 33.6 Å². The Labute approximate surface area is 185 Å². The molecule has 0 saturated carbocycles. The lowest BCUT2D eigenvalue weighted by Gasteiger charge is -2.35. The minimum Gasteiger partial charge on any atom is -0.363 e. The number of para-hydroxylation sites is 2. The highest BCUT2D eigenvalue weighted by atomic mass is 32.1. The van der Waals surface area contributed by atoms with Crippen molar-refractivity contribution in [1.29, 1.82) is 5.26 Å². The molecular formula is C22H25N5O3S. The van der Waals surface area contributed by atoms with E-state index in [1.54, 1.807) is 29.5 Å². The van der Waals surface area contributed by atoms with Crippen molar-refractivity contribution in [2.45, 2.75) is 32.1 Å². The van der Waals surface area contributed by atoms with Crippen LogP contribution in [0.5, 0.6) is 0 Å². The highest BCUT2D eigenvalue weighted by Crippen LogP contribution is 2.37. The molecule has 31 heavy (non-hydrogen) atoms. The number of piperazine rings is 1. The van der Waals surface area contributed by atoms with Crippen molar-refractivity contribution < 1.29 is 9.72 Å². The van der Waals surface area contributed by atoms with Gasteiger partial charge in [0.25, 0.3) is 5.69 Å². The van der Waals surface area contributed by atoms with Crippen LogP contribution in [-0.2, 0) is 17.6 Å². The molecule has 1 aromatic carbocycles. The van der Waals surface area contributed by atoms with Gasteiger partial charge in [0, 0.05) is 37.1 Å². The molecule has 1 aliphatic heterocycles. The van der Waals surface area contributed by atoms with Gasteiger partial charge in [-0.2, -0.15) is 5.26 Å². The van der Waals surface area contributed by atoms with Crippen molar-refractivity contribution in [3.63, 3.8) is 0 Å². The van der Waals surface area contributed by atoms with Gasteiger partial charge in [-0.3, -0.25) is 19.8 Å². The number of nitriles is 1. The quantitative estimate of drug-likeness (QED) is 0.434. The smallest absolute Gasteiger partial charge is 0.292 e. The van der Waals surface area contributed by atoms with Gasteiger partial charge in [0.1, 0.15) is 16.8 Å². The van der Waals surface area contributed by atoms with Crippen LogP contribution < -0.4 is 10.2 Å². The van der Waals surface area contributed by atoms with Crippen molar-refractivity contribution in [1.82, 2.24) is 4.90 Å². The fourth-order valence-corrected chi connectivity index (χ4v) is 5.61. The number of carbonyl (C=O) groups is 1. The molecule has 0 unspecified atom stereocenters. The number of nitrogens with one attached hydrogen (secondary N) is 1. The van der Waals surface area contributed by atoms with Crippen molar-refractivity contribution in [2.24, 2.45) is 0 Å². The molecule has 0 spiro atoms. The fraction of sp³-hybridized carbons (Fsp3) is 0.455. The molecule has 1 fully saturated rings. The Kier molecular flexibility index (Phi) is 6.49. The monoisotopic (exact) mass is 439 g/mol. The number of hydrogen-bond acceptors (Lipinski definition) is 7. The molecule has 2 aliphatic rings.